The fourth-order valence-electron chi connectivity index (χ4n) is 3.36. The number of piperazine rings is 1. The Bertz CT molecular complexity index is 1040. The number of carbonyl (C=O) groups is 1. The molecule has 0 unspecified atom stereocenters. The smallest absolute Gasteiger partial charge is 0.260 e. The van der Waals surface area contributed by atoms with E-state index in [1.54, 1.807) is 29.2 Å². The van der Waals surface area contributed by atoms with Crippen molar-refractivity contribution < 1.29 is 9.53 Å². The summed E-state index contributed by atoms with van der Waals surface area (Å²) < 4.78 is 5.56. The maximum Gasteiger partial charge on any atom is 0.260 e. The van der Waals surface area contributed by atoms with E-state index in [-0.39, 0.29) is 12.5 Å². The topological polar surface area (TPSA) is 82.4 Å². The van der Waals surface area contributed by atoms with Crippen molar-refractivity contribution in [3.63, 3.8) is 0 Å². The molecule has 1 aromatic heterocycles. The number of ether oxygens (including phenoxy) is 1. The van der Waals surface area contributed by atoms with Gasteiger partial charge in [0.2, 0.25) is 0 Å². The number of nitrogens with zero attached hydrogens (tertiary/aromatic N) is 5. The highest BCUT2D eigenvalue weighted by Crippen LogP contribution is 2.20. The van der Waals surface area contributed by atoms with Crippen LogP contribution in [0.25, 0.3) is 11.3 Å². The molecule has 2 aromatic carbocycles. The summed E-state index contributed by atoms with van der Waals surface area (Å²) in [5, 5.41) is 17.8. The summed E-state index contributed by atoms with van der Waals surface area (Å²) in [6, 6.07) is 22.8. The van der Waals surface area contributed by atoms with Gasteiger partial charge in [-0.3, -0.25) is 4.79 Å². The quantitative estimate of drug-likeness (QED) is 0.656. The molecule has 3 aromatic rings. The molecule has 7 heteroatoms. The maximum absolute atomic E-state index is 12.5. The Morgan fingerprint density at radius 3 is 2.37 bits per heavy atom. The molecule has 4 rings (SSSR count). The van der Waals surface area contributed by atoms with Gasteiger partial charge in [-0.2, -0.15) is 5.26 Å². The van der Waals surface area contributed by atoms with Crippen LogP contribution < -0.4 is 9.64 Å². The lowest BCUT2D eigenvalue weighted by Gasteiger charge is -2.35. The molecule has 1 saturated heterocycles. The zero-order valence-corrected chi connectivity index (χ0v) is 16.4. The number of carbonyl (C=O) groups excluding carboxylic acids is 1. The molecule has 150 valence electrons. The fourth-order valence-corrected chi connectivity index (χ4v) is 3.36. The number of aromatic nitrogens is 2. The van der Waals surface area contributed by atoms with Crippen molar-refractivity contribution in [2.75, 3.05) is 37.7 Å². The molecule has 0 atom stereocenters. The van der Waals surface area contributed by atoms with Crippen LogP contribution >= 0.6 is 0 Å². The normalized spacial score (nSPS) is 13.6. The molecule has 7 nitrogen and oxygen atoms in total. The Kier molecular flexibility index (Phi) is 5.85. The molecule has 1 aliphatic heterocycles. The zero-order valence-electron chi connectivity index (χ0n) is 16.4. The van der Waals surface area contributed by atoms with E-state index in [1.807, 2.05) is 42.5 Å². The monoisotopic (exact) mass is 399 g/mol. The molecule has 0 spiro atoms. The van der Waals surface area contributed by atoms with Gasteiger partial charge < -0.3 is 14.5 Å². The van der Waals surface area contributed by atoms with Gasteiger partial charge in [-0.15, -0.1) is 10.2 Å². The van der Waals surface area contributed by atoms with Gasteiger partial charge in [0.05, 0.1) is 11.3 Å². The Hall–Kier alpha value is -3.92. The van der Waals surface area contributed by atoms with Gasteiger partial charge in [-0.1, -0.05) is 42.5 Å². The van der Waals surface area contributed by atoms with Crippen LogP contribution in [0, 0.1) is 11.3 Å². The van der Waals surface area contributed by atoms with Crippen LogP contribution in [0.2, 0.25) is 0 Å². The molecule has 1 aliphatic rings. The van der Waals surface area contributed by atoms with E-state index in [0.717, 1.165) is 17.1 Å². The first-order valence-corrected chi connectivity index (χ1v) is 9.78. The maximum atomic E-state index is 12.5. The average molecular weight is 399 g/mol. The van der Waals surface area contributed by atoms with Crippen molar-refractivity contribution in [3.05, 3.63) is 72.3 Å². The van der Waals surface area contributed by atoms with Crippen LogP contribution in [-0.2, 0) is 4.79 Å². The third kappa shape index (κ3) is 4.39. The largest absolute Gasteiger partial charge is 0.482 e. The molecule has 30 heavy (non-hydrogen) atoms. The summed E-state index contributed by atoms with van der Waals surface area (Å²) in [7, 11) is 0. The summed E-state index contributed by atoms with van der Waals surface area (Å²) in [5.74, 6) is 1.15. The minimum atomic E-state index is -0.0899. The average Bonchev–Trinajstić information content (AvgIpc) is 2.83. The van der Waals surface area contributed by atoms with Crippen LogP contribution in [0.1, 0.15) is 5.56 Å². The summed E-state index contributed by atoms with van der Waals surface area (Å²) >= 11 is 0. The van der Waals surface area contributed by atoms with Gasteiger partial charge in [0.15, 0.2) is 12.4 Å². The third-order valence-corrected chi connectivity index (χ3v) is 5.04. The fraction of sp³-hybridized carbons (Fsp3) is 0.217. The number of hydrogen-bond acceptors (Lipinski definition) is 6. The predicted octanol–water partition coefficient (Wildman–Crippen LogP) is 2.74. The lowest BCUT2D eigenvalue weighted by Crippen LogP contribution is -2.50. The SMILES string of the molecule is N#Cc1ccccc1OCC(=O)N1CCN(c2ccc(-c3ccccc3)nn2)CC1. The van der Waals surface area contributed by atoms with E-state index in [0.29, 0.717) is 37.5 Å². The second kappa shape index (κ2) is 9.05. The molecule has 0 bridgehead atoms. The second-order valence-corrected chi connectivity index (χ2v) is 6.91. The van der Waals surface area contributed by atoms with Gasteiger partial charge in [-0.25, -0.2) is 0 Å². The van der Waals surface area contributed by atoms with Crippen molar-refractivity contribution >= 4 is 11.7 Å². The van der Waals surface area contributed by atoms with E-state index in [4.69, 9.17) is 10.00 Å². The predicted molar refractivity (Wildman–Crippen MR) is 113 cm³/mol. The van der Waals surface area contributed by atoms with Gasteiger partial charge in [0.1, 0.15) is 11.8 Å². The van der Waals surface area contributed by atoms with Gasteiger partial charge in [0, 0.05) is 31.7 Å². The molecule has 0 saturated carbocycles. The zero-order chi connectivity index (χ0) is 20.8. The Morgan fingerprint density at radius 2 is 1.67 bits per heavy atom. The van der Waals surface area contributed by atoms with Crippen molar-refractivity contribution in [1.82, 2.24) is 15.1 Å². The Balaban J connectivity index is 1.30. The van der Waals surface area contributed by atoms with Crippen LogP contribution in [0.4, 0.5) is 5.82 Å². The highest BCUT2D eigenvalue weighted by atomic mass is 16.5. The number of hydrogen-bond donors (Lipinski definition) is 0. The molecule has 0 radical (unpaired) electrons. The lowest BCUT2D eigenvalue weighted by atomic mass is 10.1. The summed E-state index contributed by atoms with van der Waals surface area (Å²) in [4.78, 5) is 16.4. The van der Waals surface area contributed by atoms with Crippen molar-refractivity contribution in [1.29, 1.82) is 5.26 Å². The number of rotatable bonds is 5. The first-order chi connectivity index (χ1) is 14.7. The minimum Gasteiger partial charge on any atom is -0.482 e. The van der Waals surface area contributed by atoms with E-state index in [9.17, 15) is 4.79 Å². The molecular formula is C23H21N5O2. The minimum absolute atomic E-state index is 0.0791. The van der Waals surface area contributed by atoms with Crippen molar-refractivity contribution in [3.8, 4) is 23.1 Å². The van der Waals surface area contributed by atoms with E-state index in [1.165, 1.54) is 0 Å². The highest BCUT2D eigenvalue weighted by Gasteiger charge is 2.22. The standard InChI is InChI=1S/C23H21N5O2/c24-16-19-8-4-5-9-21(19)30-17-23(29)28-14-12-27(13-15-28)22-11-10-20(25-26-22)18-6-2-1-3-7-18/h1-11H,12-15,17H2. The Labute approximate surface area is 175 Å². The molecule has 2 heterocycles. The van der Waals surface area contributed by atoms with Crippen LogP contribution in [-0.4, -0.2) is 53.8 Å². The van der Waals surface area contributed by atoms with Crippen LogP contribution in [0.15, 0.2) is 66.7 Å². The second-order valence-electron chi connectivity index (χ2n) is 6.91. The number of amides is 1. The van der Waals surface area contributed by atoms with E-state index in [2.05, 4.69) is 21.2 Å². The first kappa shape index (κ1) is 19.4. The summed E-state index contributed by atoms with van der Waals surface area (Å²) in [6.07, 6.45) is 0. The number of benzene rings is 2. The molecular weight excluding hydrogens is 378 g/mol. The highest BCUT2D eigenvalue weighted by molar-refractivity contribution is 5.78. The van der Waals surface area contributed by atoms with Crippen LogP contribution in [0.3, 0.4) is 0 Å². The van der Waals surface area contributed by atoms with Crippen molar-refractivity contribution in [2.24, 2.45) is 0 Å². The number of para-hydroxylation sites is 1. The van der Waals surface area contributed by atoms with Crippen molar-refractivity contribution in [2.45, 2.75) is 0 Å². The van der Waals surface area contributed by atoms with Gasteiger partial charge in [-0.05, 0) is 24.3 Å². The molecule has 1 amide bonds. The van der Waals surface area contributed by atoms with E-state index >= 15 is 0 Å². The molecule has 0 N–H and O–H groups in total. The first-order valence-electron chi connectivity index (χ1n) is 9.78. The Morgan fingerprint density at radius 1 is 0.933 bits per heavy atom. The van der Waals surface area contributed by atoms with E-state index < -0.39 is 0 Å². The summed E-state index contributed by atoms with van der Waals surface area (Å²) in [5.41, 5.74) is 2.29. The van der Waals surface area contributed by atoms with Crippen LogP contribution in [0.5, 0.6) is 5.75 Å². The third-order valence-electron chi connectivity index (χ3n) is 5.04. The van der Waals surface area contributed by atoms with Gasteiger partial charge in [0.25, 0.3) is 5.91 Å². The molecule has 0 aliphatic carbocycles. The number of anilines is 1. The molecule has 1 fully saturated rings. The summed E-state index contributed by atoms with van der Waals surface area (Å²) in [6.45, 7) is 2.46. The van der Waals surface area contributed by atoms with Gasteiger partial charge >= 0.3 is 0 Å². The number of nitriles is 1. The lowest BCUT2D eigenvalue weighted by molar-refractivity contribution is -0.133.